The van der Waals surface area contributed by atoms with Gasteiger partial charge in [-0.2, -0.15) is 8.78 Å². The van der Waals surface area contributed by atoms with Gasteiger partial charge in [0.1, 0.15) is 12.3 Å². The summed E-state index contributed by atoms with van der Waals surface area (Å²) >= 11 is 0. The van der Waals surface area contributed by atoms with E-state index in [0.29, 0.717) is 0 Å². The molecule has 9 heteroatoms. The van der Waals surface area contributed by atoms with E-state index in [4.69, 9.17) is 10.2 Å². The lowest BCUT2D eigenvalue weighted by Crippen LogP contribution is -2.39. The highest BCUT2D eigenvalue weighted by atomic mass is 32.2. The minimum Gasteiger partial charge on any atom is -0.508 e. The molecule has 1 aromatic carbocycles. The van der Waals surface area contributed by atoms with Crippen LogP contribution in [-0.2, 0) is 14.8 Å². The summed E-state index contributed by atoms with van der Waals surface area (Å²) in [5, 5.41) is 17.5. The Bertz CT molecular complexity index is 528. The van der Waals surface area contributed by atoms with Crippen LogP contribution >= 0.6 is 0 Å². The van der Waals surface area contributed by atoms with Gasteiger partial charge in [-0.25, -0.2) is 8.42 Å². The molecular formula is C9H9F2NO5S. The minimum atomic E-state index is -5.06. The predicted octanol–water partition coefficient (Wildman–Crippen LogP) is 0.836. The molecule has 6 nitrogen and oxygen atoms in total. The molecule has 100 valence electrons. The Morgan fingerprint density at radius 1 is 1.28 bits per heavy atom. The fraction of sp³-hybridized carbons (Fsp3) is 0.222. The van der Waals surface area contributed by atoms with Gasteiger partial charge in [-0.1, -0.05) is 0 Å². The maximum atomic E-state index is 12.4. The maximum absolute atomic E-state index is 12.4. The molecule has 0 aliphatic rings. The third kappa shape index (κ3) is 3.06. The molecule has 0 aromatic heterocycles. The molecule has 0 amide bonds. The zero-order valence-electron chi connectivity index (χ0n) is 8.82. The molecule has 0 aliphatic heterocycles. The molecule has 0 saturated carbocycles. The number of hydrogen-bond donors (Lipinski definition) is 2. The SMILES string of the molecule is O=C(O)CN(c1ccc(O)cc1)S(=O)(=O)C(F)F. The molecule has 0 atom stereocenters. The maximum Gasteiger partial charge on any atom is 0.355 e. The van der Waals surface area contributed by atoms with Crippen LogP contribution in [-0.4, -0.2) is 36.9 Å². The number of sulfonamides is 1. The average molecular weight is 281 g/mol. The largest absolute Gasteiger partial charge is 0.508 e. The molecule has 0 saturated heterocycles. The molecule has 0 heterocycles. The van der Waals surface area contributed by atoms with Crippen LogP contribution in [0.3, 0.4) is 0 Å². The second-order valence-electron chi connectivity index (χ2n) is 3.22. The highest BCUT2D eigenvalue weighted by Gasteiger charge is 2.33. The fourth-order valence-electron chi connectivity index (χ4n) is 1.17. The normalized spacial score (nSPS) is 11.5. The Morgan fingerprint density at radius 2 is 1.78 bits per heavy atom. The number of phenols is 1. The number of nitrogens with zero attached hydrogens (tertiary/aromatic N) is 1. The third-order valence-electron chi connectivity index (χ3n) is 1.95. The van der Waals surface area contributed by atoms with Crippen molar-refractivity contribution in [1.29, 1.82) is 0 Å². The van der Waals surface area contributed by atoms with Gasteiger partial charge in [0.25, 0.3) is 10.0 Å². The standard InChI is InChI=1S/C9H9F2NO5S/c10-9(11)18(16,17)12(5-8(14)15)6-1-3-7(13)4-2-6/h1-4,9,13H,5H2,(H,14,15). The van der Waals surface area contributed by atoms with E-state index < -0.39 is 28.3 Å². The summed E-state index contributed by atoms with van der Waals surface area (Å²) in [7, 11) is -5.06. The van der Waals surface area contributed by atoms with Crippen molar-refractivity contribution in [2.45, 2.75) is 5.76 Å². The summed E-state index contributed by atoms with van der Waals surface area (Å²) in [6.45, 7) is -1.13. The van der Waals surface area contributed by atoms with Gasteiger partial charge in [-0.3, -0.25) is 9.10 Å². The Kier molecular flexibility index (Phi) is 4.07. The quantitative estimate of drug-likeness (QED) is 0.833. The molecule has 0 aliphatic carbocycles. The molecule has 2 N–H and O–H groups in total. The zero-order valence-corrected chi connectivity index (χ0v) is 9.64. The van der Waals surface area contributed by atoms with Crippen LogP contribution in [0.2, 0.25) is 0 Å². The van der Waals surface area contributed by atoms with Crippen molar-refractivity contribution in [1.82, 2.24) is 0 Å². The molecule has 0 fully saturated rings. The highest BCUT2D eigenvalue weighted by Crippen LogP contribution is 2.23. The van der Waals surface area contributed by atoms with E-state index in [0.717, 1.165) is 24.3 Å². The van der Waals surface area contributed by atoms with Crippen molar-refractivity contribution in [2.24, 2.45) is 0 Å². The molecule has 0 radical (unpaired) electrons. The molecule has 0 unspecified atom stereocenters. The first-order chi connectivity index (χ1) is 8.25. The van der Waals surface area contributed by atoms with Gasteiger partial charge in [-0.15, -0.1) is 0 Å². The van der Waals surface area contributed by atoms with Crippen molar-refractivity contribution in [3.63, 3.8) is 0 Å². The number of aromatic hydroxyl groups is 1. The van der Waals surface area contributed by atoms with Gasteiger partial charge >= 0.3 is 11.7 Å². The third-order valence-corrected chi connectivity index (χ3v) is 3.35. The van der Waals surface area contributed by atoms with E-state index in [1.54, 1.807) is 0 Å². The average Bonchev–Trinajstić information content (AvgIpc) is 2.26. The van der Waals surface area contributed by atoms with Crippen LogP contribution < -0.4 is 4.31 Å². The second kappa shape index (κ2) is 5.17. The topological polar surface area (TPSA) is 94.9 Å². The van der Waals surface area contributed by atoms with Crippen LogP contribution in [0.15, 0.2) is 24.3 Å². The van der Waals surface area contributed by atoms with E-state index in [-0.39, 0.29) is 15.7 Å². The summed E-state index contributed by atoms with van der Waals surface area (Å²) in [5.41, 5.74) is -0.268. The minimum absolute atomic E-state index is 0.0689. The van der Waals surface area contributed by atoms with Gasteiger partial charge in [0.05, 0.1) is 5.69 Å². The number of carboxylic acids is 1. The highest BCUT2D eigenvalue weighted by molar-refractivity contribution is 7.93. The van der Waals surface area contributed by atoms with Crippen LogP contribution in [0.1, 0.15) is 0 Å². The first kappa shape index (κ1) is 14.2. The van der Waals surface area contributed by atoms with Crippen LogP contribution in [0.4, 0.5) is 14.5 Å². The van der Waals surface area contributed by atoms with Gasteiger partial charge in [0.2, 0.25) is 0 Å². The Morgan fingerprint density at radius 3 is 2.17 bits per heavy atom. The number of halogens is 2. The predicted molar refractivity (Wildman–Crippen MR) is 58.0 cm³/mol. The van der Waals surface area contributed by atoms with Crippen molar-refractivity contribution >= 4 is 21.7 Å². The summed E-state index contributed by atoms with van der Waals surface area (Å²) in [5.74, 6) is -5.51. The van der Waals surface area contributed by atoms with Gasteiger partial charge in [-0.05, 0) is 24.3 Å². The van der Waals surface area contributed by atoms with Crippen LogP contribution in [0.5, 0.6) is 5.75 Å². The smallest absolute Gasteiger partial charge is 0.355 e. The van der Waals surface area contributed by atoms with E-state index in [2.05, 4.69) is 0 Å². The van der Waals surface area contributed by atoms with Crippen molar-refractivity contribution in [2.75, 3.05) is 10.8 Å². The molecule has 0 bridgehead atoms. The van der Waals surface area contributed by atoms with Gasteiger partial charge in [0.15, 0.2) is 0 Å². The van der Waals surface area contributed by atoms with Crippen LogP contribution in [0, 0.1) is 0 Å². The number of rotatable bonds is 5. The lowest BCUT2D eigenvalue weighted by molar-refractivity contribution is -0.135. The number of carbonyl (C=O) groups is 1. The molecular weight excluding hydrogens is 272 g/mol. The van der Waals surface area contributed by atoms with Gasteiger partial charge < -0.3 is 10.2 Å². The fourth-order valence-corrected chi connectivity index (χ4v) is 2.06. The van der Waals surface area contributed by atoms with E-state index in [1.165, 1.54) is 0 Å². The number of carboxylic acid groups (broad SMARTS) is 1. The Balaban J connectivity index is 3.22. The van der Waals surface area contributed by atoms with E-state index in [9.17, 15) is 22.0 Å². The summed E-state index contributed by atoms with van der Waals surface area (Å²) < 4.78 is 47.5. The molecule has 1 rings (SSSR count). The van der Waals surface area contributed by atoms with E-state index in [1.807, 2.05) is 0 Å². The van der Waals surface area contributed by atoms with Crippen molar-refractivity contribution in [3.05, 3.63) is 24.3 Å². The zero-order chi connectivity index (χ0) is 13.9. The first-order valence-electron chi connectivity index (χ1n) is 4.55. The number of aliphatic carboxylic acids is 1. The molecule has 0 spiro atoms. The number of hydrogen-bond acceptors (Lipinski definition) is 4. The summed E-state index contributed by atoms with van der Waals surface area (Å²) in [6, 6.07) is 4.17. The van der Waals surface area contributed by atoms with E-state index >= 15 is 0 Å². The Hall–Kier alpha value is -1.90. The number of benzene rings is 1. The molecule has 18 heavy (non-hydrogen) atoms. The number of alkyl halides is 2. The summed E-state index contributed by atoms with van der Waals surface area (Å²) in [4.78, 5) is 10.5. The van der Waals surface area contributed by atoms with Crippen molar-refractivity contribution < 1.29 is 32.2 Å². The van der Waals surface area contributed by atoms with Gasteiger partial charge in [0, 0.05) is 0 Å². The number of phenolic OH excluding ortho intramolecular Hbond substituents is 1. The number of anilines is 1. The summed E-state index contributed by atoms with van der Waals surface area (Å²) in [6.07, 6.45) is 0. The first-order valence-corrected chi connectivity index (χ1v) is 6.06. The monoisotopic (exact) mass is 281 g/mol. The molecule has 1 aromatic rings. The lowest BCUT2D eigenvalue weighted by Gasteiger charge is -2.21. The lowest BCUT2D eigenvalue weighted by atomic mass is 10.3. The second-order valence-corrected chi connectivity index (χ2v) is 5.05. The Labute approximate surface area is 101 Å². The van der Waals surface area contributed by atoms with Crippen molar-refractivity contribution in [3.8, 4) is 5.75 Å². The van der Waals surface area contributed by atoms with Crippen LogP contribution in [0.25, 0.3) is 0 Å².